The molecule has 0 aliphatic carbocycles. The van der Waals surface area contributed by atoms with Crippen molar-refractivity contribution in [2.75, 3.05) is 0 Å². The molecule has 0 aliphatic rings. The van der Waals surface area contributed by atoms with Crippen molar-refractivity contribution in [3.63, 3.8) is 0 Å². The Hall–Kier alpha value is -1.25. The number of phenolic OH excluding ortho intramolecular Hbond substituents is 1. The van der Waals surface area contributed by atoms with E-state index in [0.717, 1.165) is 12.1 Å². The fourth-order valence-corrected chi connectivity index (χ4v) is 1.89. The summed E-state index contributed by atoms with van der Waals surface area (Å²) in [6, 6.07) is 6.72. The van der Waals surface area contributed by atoms with Crippen LogP contribution in [0.4, 0.5) is 5.69 Å². The molecule has 0 unspecified atom stereocenters. The Morgan fingerprint density at radius 3 is 2.45 bits per heavy atom. The zero-order chi connectivity index (χ0) is 13.9. The second-order valence-electron chi connectivity index (χ2n) is 3.66. The van der Waals surface area contributed by atoms with Crippen molar-refractivity contribution in [2.45, 2.75) is 4.90 Å². The molecule has 2 N–H and O–H groups in total. The van der Waals surface area contributed by atoms with Crippen LogP contribution in [0.5, 0.6) is 5.75 Å². The van der Waals surface area contributed by atoms with Crippen molar-refractivity contribution in [1.29, 1.82) is 0 Å². The van der Waals surface area contributed by atoms with Crippen LogP contribution in [0.25, 0.3) is 0 Å². The first-order valence-electron chi connectivity index (χ1n) is 5.21. The molecule has 0 saturated carbocycles. The van der Waals surface area contributed by atoms with E-state index < -0.39 is 10.1 Å². The summed E-state index contributed by atoms with van der Waals surface area (Å²) in [5.41, 5.74) is 0.790. The van der Waals surface area contributed by atoms with Gasteiger partial charge in [0, 0.05) is 24.2 Å². The fraction of sp³-hybridized carbons (Fsp3) is 0. The normalized spacial score (nSPS) is 11.2. The molecule has 20 heavy (non-hydrogen) atoms. The third-order valence-electron chi connectivity index (χ3n) is 2.31. The van der Waals surface area contributed by atoms with Crippen LogP contribution in [-0.2, 0) is 10.1 Å². The molecule has 0 amide bonds. The summed E-state index contributed by atoms with van der Waals surface area (Å²) in [5, 5.41) is 9.60. The van der Waals surface area contributed by atoms with Crippen molar-refractivity contribution >= 4 is 22.0 Å². The van der Waals surface area contributed by atoms with Gasteiger partial charge in [-0.05, 0) is 30.3 Å². The van der Waals surface area contributed by atoms with E-state index in [9.17, 15) is 13.5 Å². The molecule has 0 radical (unpaired) electrons. The summed E-state index contributed by atoms with van der Waals surface area (Å²) >= 11 is 0. The number of hydrogen-bond acceptors (Lipinski definition) is 5. The summed E-state index contributed by atoms with van der Waals surface area (Å²) in [7, 11) is -4.31. The van der Waals surface area contributed by atoms with E-state index >= 15 is 0 Å². The van der Waals surface area contributed by atoms with Crippen LogP contribution in [0.15, 0.2) is 52.6 Å². The van der Waals surface area contributed by atoms with Crippen LogP contribution < -0.4 is 29.6 Å². The Bertz CT molecular complexity index is 723. The minimum absolute atomic E-state index is 0. The van der Waals surface area contributed by atoms with Crippen molar-refractivity contribution < 1.29 is 49.1 Å². The Kier molecular flexibility index (Phi) is 5.85. The van der Waals surface area contributed by atoms with Crippen molar-refractivity contribution in [1.82, 2.24) is 4.98 Å². The van der Waals surface area contributed by atoms with Crippen LogP contribution in [0, 0.1) is 0 Å². The molecule has 0 atom stereocenters. The third-order valence-corrected chi connectivity index (χ3v) is 3.16. The Morgan fingerprint density at radius 2 is 1.85 bits per heavy atom. The van der Waals surface area contributed by atoms with Gasteiger partial charge in [0.1, 0.15) is 5.75 Å². The third kappa shape index (κ3) is 4.39. The van der Waals surface area contributed by atoms with Gasteiger partial charge in [-0.3, -0.25) is 14.5 Å². The Morgan fingerprint density at radius 1 is 1.20 bits per heavy atom. The average Bonchev–Trinajstić information content (AvgIpc) is 2.37. The second-order valence-corrected chi connectivity index (χ2v) is 5.08. The predicted octanol–water partition coefficient (Wildman–Crippen LogP) is -1.10. The number of benzene rings is 1. The number of pyridine rings is 1. The van der Waals surface area contributed by atoms with Gasteiger partial charge in [-0.15, -0.1) is 0 Å². The minimum Gasteiger partial charge on any atom is -1.00 e. The van der Waals surface area contributed by atoms with Crippen LogP contribution >= 0.6 is 0 Å². The van der Waals surface area contributed by atoms with E-state index in [2.05, 4.69) is 9.98 Å². The quantitative estimate of drug-likeness (QED) is 0.426. The molecule has 0 aliphatic heterocycles. The predicted molar refractivity (Wildman–Crippen MR) is 70.5 cm³/mol. The van der Waals surface area contributed by atoms with Gasteiger partial charge in [-0.25, -0.2) is 0 Å². The molecular formula is C12H11N2NaO4S. The molecule has 2 rings (SSSR count). The summed E-state index contributed by atoms with van der Waals surface area (Å²) in [4.78, 5) is 7.58. The minimum atomic E-state index is -4.31. The average molecular weight is 302 g/mol. The standard InChI is InChI=1S/C12H10N2O4S.Na.H/c15-12-2-1-11(19(16,17)18)7-9(12)8-14-10-3-5-13-6-4-10;;/h1-8,15H,(H,16,17,18);;/q;+1;-1. The number of nitrogens with zero attached hydrogens (tertiary/aromatic N) is 2. The molecule has 0 fully saturated rings. The SMILES string of the molecule is O=S(=O)(O)c1ccc(O)c(C=Nc2ccncc2)c1.[H-].[Na+]. The number of aliphatic imine (C=N–C) groups is 1. The zero-order valence-electron chi connectivity index (χ0n) is 11.6. The maximum atomic E-state index is 11.0. The van der Waals surface area contributed by atoms with Gasteiger partial charge in [-0.1, -0.05) is 0 Å². The fourth-order valence-electron chi connectivity index (χ4n) is 1.37. The van der Waals surface area contributed by atoms with E-state index in [1.807, 2.05) is 0 Å². The first kappa shape index (κ1) is 16.8. The molecule has 0 saturated heterocycles. The van der Waals surface area contributed by atoms with Gasteiger partial charge < -0.3 is 6.53 Å². The number of rotatable bonds is 3. The van der Waals surface area contributed by atoms with Crippen LogP contribution in [0.2, 0.25) is 0 Å². The van der Waals surface area contributed by atoms with Gasteiger partial charge in [-0.2, -0.15) is 8.42 Å². The molecule has 8 heteroatoms. The summed E-state index contributed by atoms with van der Waals surface area (Å²) < 4.78 is 30.9. The molecule has 6 nitrogen and oxygen atoms in total. The molecule has 100 valence electrons. The topological polar surface area (TPSA) is 99.9 Å². The molecule has 1 heterocycles. The monoisotopic (exact) mass is 302 g/mol. The van der Waals surface area contributed by atoms with E-state index in [-0.39, 0.29) is 47.2 Å². The molecule has 1 aromatic heterocycles. The molecule has 0 spiro atoms. The van der Waals surface area contributed by atoms with Crippen molar-refractivity contribution in [3.05, 3.63) is 48.3 Å². The van der Waals surface area contributed by atoms with Gasteiger partial charge >= 0.3 is 29.6 Å². The van der Waals surface area contributed by atoms with E-state index in [0.29, 0.717) is 5.69 Å². The van der Waals surface area contributed by atoms with Crippen LogP contribution in [0.3, 0.4) is 0 Å². The summed E-state index contributed by atoms with van der Waals surface area (Å²) in [6.07, 6.45) is 4.42. The van der Waals surface area contributed by atoms with Crippen molar-refractivity contribution in [3.8, 4) is 5.75 Å². The van der Waals surface area contributed by atoms with E-state index in [1.165, 1.54) is 12.3 Å². The second kappa shape index (κ2) is 6.96. The van der Waals surface area contributed by atoms with Gasteiger partial charge in [0.25, 0.3) is 10.1 Å². The van der Waals surface area contributed by atoms with Crippen LogP contribution in [0.1, 0.15) is 6.99 Å². The van der Waals surface area contributed by atoms with Gasteiger partial charge in [0.15, 0.2) is 0 Å². The van der Waals surface area contributed by atoms with Gasteiger partial charge in [0.05, 0.1) is 10.6 Å². The smallest absolute Gasteiger partial charge is 1.00 e. The molecule has 2 aromatic rings. The molecule has 0 bridgehead atoms. The summed E-state index contributed by atoms with van der Waals surface area (Å²) in [6.45, 7) is 0. The van der Waals surface area contributed by atoms with Gasteiger partial charge in [0.2, 0.25) is 0 Å². The summed E-state index contributed by atoms with van der Waals surface area (Å²) in [5.74, 6) is -0.134. The first-order chi connectivity index (χ1) is 8.97. The Labute approximate surface area is 139 Å². The largest absolute Gasteiger partial charge is 1.00 e. The van der Waals surface area contributed by atoms with E-state index in [1.54, 1.807) is 24.5 Å². The number of aromatic hydroxyl groups is 1. The van der Waals surface area contributed by atoms with Crippen molar-refractivity contribution in [2.24, 2.45) is 4.99 Å². The molecule has 1 aromatic carbocycles. The number of phenols is 1. The maximum absolute atomic E-state index is 11.0. The zero-order valence-corrected chi connectivity index (χ0v) is 13.4. The van der Waals surface area contributed by atoms with Crippen LogP contribution in [-0.4, -0.2) is 29.3 Å². The number of aromatic nitrogens is 1. The Balaban J connectivity index is 0.00000200. The number of hydrogen-bond donors (Lipinski definition) is 2. The maximum Gasteiger partial charge on any atom is 1.00 e. The first-order valence-corrected chi connectivity index (χ1v) is 6.65. The molecular weight excluding hydrogens is 291 g/mol. The van der Waals surface area contributed by atoms with E-state index in [4.69, 9.17) is 4.55 Å².